The van der Waals surface area contributed by atoms with Gasteiger partial charge < -0.3 is 4.90 Å². The molecule has 0 fully saturated rings. The zero-order chi connectivity index (χ0) is 13.5. The van der Waals surface area contributed by atoms with Gasteiger partial charge in [0.2, 0.25) is 0 Å². The molecule has 3 aromatic rings. The fraction of sp³-hybridized carbons (Fsp3) is 0.125. The summed E-state index contributed by atoms with van der Waals surface area (Å²) in [5.74, 6) is 0.101. The number of nitrogens with zero attached hydrogens (tertiary/aromatic N) is 2. The number of amides is 1. The Morgan fingerprint density at radius 3 is 2.90 bits per heavy atom. The number of benzene rings is 1. The fourth-order valence-electron chi connectivity index (χ4n) is 2.59. The molecule has 3 heterocycles. The van der Waals surface area contributed by atoms with Gasteiger partial charge in [0.15, 0.2) is 0 Å². The van der Waals surface area contributed by atoms with E-state index in [4.69, 9.17) is 0 Å². The van der Waals surface area contributed by atoms with Crippen LogP contribution in [-0.2, 0) is 13.1 Å². The maximum absolute atomic E-state index is 12.6. The first kappa shape index (κ1) is 11.6. The highest BCUT2D eigenvalue weighted by molar-refractivity contribution is 7.20. The van der Waals surface area contributed by atoms with Crippen molar-refractivity contribution in [2.45, 2.75) is 13.1 Å². The monoisotopic (exact) mass is 280 g/mol. The second-order valence-electron chi connectivity index (χ2n) is 4.92. The van der Waals surface area contributed by atoms with Crippen LogP contribution in [0.25, 0.3) is 10.1 Å². The van der Waals surface area contributed by atoms with Crippen LogP contribution in [0.15, 0.2) is 48.7 Å². The highest BCUT2D eigenvalue weighted by atomic mass is 32.1. The summed E-state index contributed by atoms with van der Waals surface area (Å²) in [4.78, 5) is 19.6. The largest absolute Gasteiger partial charge is 0.328 e. The number of thiophene rings is 1. The van der Waals surface area contributed by atoms with Gasteiger partial charge in [-0.25, -0.2) is 0 Å². The normalized spacial score (nSPS) is 13.7. The molecule has 0 unspecified atom stereocenters. The number of carbonyl (C=O) groups is 1. The molecule has 1 aliphatic rings. The first-order valence-corrected chi connectivity index (χ1v) is 7.33. The average molecular weight is 280 g/mol. The number of rotatable bonds is 1. The summed E-state index contributed by atoms with van der Waals surface area (Å²) in [7, 11) is 0. The van der Waals surface area contributed by atoms with E-state index in [1.165, 1.54) is 0 Å². The summed E-state index contributed by atoms with van der Waals surface area (Å²) in [5.41, 5.74) is 2.17. The molecular weight excluding hydrogens is 268 g/mol. The summed E-state index contributed by atoms with van der Waals surface area (Å²) < 4.78 is 1.16. The van der Waals surface area contributed by atoms with Crippen LogP contribution < -0.4 is 0 Å². The van der Waals surface area contributed by atoms with Crippen LogP contribution >= 0.6 is 11.3 Å². The Hall–Kier alpha value is -2.20. The molecule has 0 radical (unpaired) electrons. The molecule has 0 saturated heterocycles. The van der Waals surface area contributed by atoms with Crippen molar-refractivity contribution in [2.75, 3.05) is 0 Å². The summed E-state index contributed by atoms with van der Waals surface area (Å²) >= 11 is 1.56. The van der Waals surface area contributed by atoms with E-state index < -0.39 is 0 Å². The van der Waals surface area contributed by atoms with E-state index in [1.807, 2.05) is 41.3 Å². The molecule has 1 aliphatic heterocycles. The third-order valence-electron chi connectivity index (χ3n) is 3.61. The minimum Gasteiger partial charge on any atom is -0.328 e. The lowest BCUT2D eigenvalue weighted by Crippen LogP contribution is -2.24. The topological polar surface area (TPSA) is 33.2 Å². The maximum atomic E-state index is 12.6. The van der Waals surface area contributed by atoms with Gasteiger partial charge in [0, 0.05) is 17.4 Å². The minimum atomic E-state index is 0.101. The highest BCUT2D eigenvalue weighted by Gasteiger charge is 2.25. The highest BCUT2D eigenvalue weighted by Crippen LogP contribution is 2.29. The number of fused-ring (bicyclic) bond motifs is 2. The molecular formula is C16H12N2OS. The van der Waals surface area contributed by atoms with E-state index in [2.05, 4.69) is 11.1 Å². The van der Waals surface area contributed by atoms with Gasteiger partial charge >= 0.3 is 0 Å². The Kier molecular flexibility index (Phi) is 2.57. The third kappa shape index (κ3) is 1.80. The van der Waals surface area contributed by atoms with Crippen LogP contribution in [0, 0.1) is 0 Å². The van der Waals surface area contributed by atoms with Gasteiger partial charge in [0.1, 0.15) is 0 Å². The standard InChI is InChI=1S/C16H12N2OS/c19-16(15-8-11-4-1-2-6-14(11)20-15)18-9-12-5-3-7-17-13(12)10-18/h1-8H,9-10H2. The number of hydrogen-bond donors (Lipinski definition) is 0. The van der Waals surface area contributed by atoms with E-state index in [9.17, 15) is 4.79 Å². The van der Waals surface area contributed by atoms with Gasteiger partial charge in [-0.15, -0.1) is 11.3 Å². The molecule has 0 spiro atoms. The Morgan fingerprint density at radius 1 is 1.15 bits per heavy atom. The van der Waals surface area contributed by atoms with E-state index in [0.717, 1.165) is 26.2 Å². The first-order valence-electron chi connectivity index (χ1n) is 6.52. The molecule has 1 aromatic carbocycles. The zero-order valence-corrected chi connectivity index (χ0v) is 11.6. The van der Waals surface area contributed by atoms with Gasteiger partial charge in [-0.05, 0) is 29.1 Å². The molecule has 0 atom stereocenters. The van der Waals surface area contributed by atoms with Crippen LogP contribution in [-0.4, -0.2) is 15.8 Å². The lowest BCUT2D eigenvalue weighted by Gasteiger charge is -2.13. The van der Waals surface area contributed by atoms with Crippen molar-refractivity contribution in [2.24, 2.45) is 0 Å². The van der Waals surface area contributed by atoms with Crippen LogP contribution in [0.2, 0.25) is 0 Å². The van der Waals surface area contributed by atoms with Gasteiger partial charge in [-0.2, -0.15) is 0 Å². The summed E-state index contributed by atoms with van der Waals surface area (Å²) in [6.45, 7) is 1.28. The number of aromatic nitrogens is 1. The molecule has 20 heavy (non-hydrogen) atoms. The van der Waals surface area contributed by atoms with Crippen molar-refractivity contribution in [1.29, 1.82) is 0 Å². The van der Waals surface area contributed by atoms with E-state index in [1.54, 1.807) is 17.5 Å². The molecule has 2 aromatic heterocycles. The fourth-order valence-corrected chi connectivity index (χ4v) is 3.62. The second-order valence-corrected chi connectivity index (χ2v) is 6.00. The Bertz CT molecular complexity index is 751. The molecule has 0 saturated carbocycles. The average Bonchev–Trinajstić information content (AvgIpc) is 3.10. The zero-order valence-electron chi connectivity index (χ0n) is 10.7. The number of carbonyl (C=O) groups excluding carboxylic acids is 1. The van der Waals surface area contributed by atoms with Crippen LogP contribution in [0.3, 0.4) is 0 Å². The van der Waals surface area contributed by atoms with Crippen molar-refractivity contribution in [3.63, 3.8) is 0 Å². The van der Waals surface area contributed by atoms with Gasteiger partial charge in [-0.3, -0.25) is 9.78 Å². The smallest absolute Gasteiger partial charge is 0.264 e. The second kappa shape index (κ2) is 4.42. The van der Waals surface area contributed by atoms with Crippen molar-refractivity contribution < 1.29 is 4.79 Å². The van der Waals surface area contributed by atoms with Crippen LogP contribution in [0.5, 0.6) is 0 Å². The molecule has 0 aliphatic carbocycles. The predicted molar refractivity (Wildman–Crippen MR) is 79.6 cm³/mol. The van der Waals surface area contributed by atoms with E-state index >= 15 is 0 Å². The quantitative estimate of drug-likeness (QED) is 0.684. The lowest BCUT2D eigenvalue weighted by atomic mass is 10.2. The van der Waals surface area contributed by atoms with E-state index in [0.29, 0.717) is 13.1 Å². The Balaban J connectivity index is 1.65. The molecule has 0 N–H and O–H groups in total. The SMILES string of the molecule is O=C(c1cc2ccccc2s1)N1Cc2cccnc2C1. The van der Waals surface area contributed by atoms with Crippen molar-refractivity contribution in [3.8, 4) is 0 Å². The van der Waals surface area contributed by atoms with Crippen LogP contribution in [0.1, 0.15) is 20.9 Å². The molecule has 98 valence electrons. The Morgan fingerprint density at radius 2 is 2.05 bits per heavy atom. The maximum Gasteiger partial charge on any atom is 0.264 e. The van der Waals surface area contributed by atoms with Crippen molar-refractivity contribution >= 4 is 27.3 Å². The van der Waals surface area contributed by atoms with E-state index in [-0.39, 0.29) is 5.91 Å². The molecule has 0 bridgehead atoms. The lowest BCUT2D eigenvalue weighted by molar-refractivity contribution is 0.0755. The molecule has 4 rings (SSSR count). The molecule has 3 nitrogen and oxygen atoms in total. The van der Waals surface area contributed by atoms with Crippen molar-refractivity contribution in [1.82, 2.24) is 9.88 Å². The first-order chi connectivity index (χ1) is 9.81. The molecule has 4 heteroatoms. The van der Waals surface area contributed by atoms with Gasteiger partial charge in [0.05, 0.1) is 17.1 Å². The Labute approximate surface area is 120 Å². The van der Waals surface area contributed by atoms with Gasteiger partial charge in [-0.1, -0.05) is 24.3 Å². The summed E-state index contributed by atoms with van der Waals surface area (Å²) in [6, 6.07) is 14.0. The summed E-state index contributed by atoms with van der Waals surface area (Å²) in [6.07, 6.45) is 1.78. The van der Waals surface area contributed by atoms with Crippen LogP contribution in [0.4, 0.5) is 0 Å². The van der Waals surface area contributed by atoms with Gasteiger partial charge in [0.25, 0.3) is 5.91 Å². The minimum absolute atomic E-state index is 0.101. The third-order valence-corrected chi connectivity index (χ3v) is 4.71. The molecule has 1 amide bonds. The predicted octanol–water partition coefficient (Wildman–Crippen LogP) is 3.45. The number of hydrogen-bond acceptors (Lipinski definition) is 3. The number of pyridine rings is 1. The summed E-state index contributed by atoms with van der Waals surface area (Å²) in [5, 5.41) is 1.13. The van der Waals surface area contributed by atoms with Crippen molar-refractivity contribution in [3.05, 3.63) is 64.8 Å².